The zero-order valence-corrected chi connectivity index (χ0v) is 12.4. The van der Waals surface area contributed by atoms with Gasteiger partial charge < -0.3 is 0 Å². The van der Waals surface area contributed by atoms with E-state index in [0.29, 0.717) is 11.1 Å². The van der Waals surface area contributed by atoms with E-state index in [2.05, 4.69) is 20.8 Å². The molecule has 1 aromatic heterocycles. The summed E-state index contributed by atoms with van der Waals surface area (Å²) in [6.45, 7) is -0.0349. The number of nitro groups is 1. The smallest absolute Gasteiger partial charge is 0.270 e. The molecule has 0 bridgehead atoms. The quantitative estimate of drug-likeness (QED) is 0.434. The zero-order chi connectivity index (χ0) is 16.9. The molecule has 1 heterocycles. The topological polar surface area (TPSA) is 115 Å². The van der Waals surface area contributed by atoms with E-state index in [-0.39, 0.29) is 18.1 Å². The van der Waals surface area contributed by atoms with Crippen molar-refractivity contribution < 1.29 is 9.72 Å². The Kier molecular flexibility index (Phi) is 4.23. The Labute approximate surface area is 135 Å². The third-order valence-electron chi connectivity index (χ3n) is 3.20. The van der Waals surface area contributed by atoms with Gasteiger partial charge in [-0.3, -0.25) is 14.9 Å². The normalized spacial score (nSPS) is 11.0. The Hall–Kier alpha value is -3.62. The molecule has 0 saturated carbocycles. The number of hydrogen-bond acceptors (Lipinski definition) is 6. The minimum absolute atomic E-state index is 0.0349. The zero-order valence-electron chi connectivity index (χ0n) is 12.4. The Morgan fingerprint density at radius 1 is 1.29 bits per heavy atom. The van der Waals surface area contributed by atoms with E-state index >= 15 is 0 Å². The van der Waals surface area contributed by atoms with Crippen LogP contribution >= 0.6 is 0 Å². The van der Waals surface area contributed by atoms with Crippen LogP contribution in [0.25, 0.3) is 11.0 Å². The number of carbonyl (C=O) groups excluding carboxylic acids is 1. The fourth-order valence-corrected chi connectivity index (χ4v) is 2.10. The number of amides is 1. The fraction of sp³-hybridized carbons (Fsp3) is 0.0667. The van der Waals surface area contributed by atoms with Crippen LogP contribution in [-0.4, -0.2) is 32.0 Å². The Morgan fingerprint density at radius 2 is 2.12 bits per heavy atom. The average molecular weight is 324 g/mol. The van der Waals surface area contributed by atoms with Crippen LogP contribution in [0.3, 0.4) is 0 Å². The van der Waals surface area contributed by atoms with Crippen LogP contribution in [0.1, 0.15) is 5.56 Å². The Bertz CT molecular complexity index is 934. The van der Waals surface area contributed by atoms with Gasteiger partial charge >= 0.3 is 0 Å². The standard InChI is InChI=1S/C15H12N6O3/c22-15(10-20-14-7-2-1-6-13(14)17-19-20)18-16-9-11-4-3-5-12(8-11)21(23)24/h1-9H,10H2,(H,18,22)/b16-9+. The summed E-state index contributed by atoms with van der Waals surface area (Å²) >= 11 is 0. The lowest BCUT2D eigenvalue weighted by Crippen LogP contribution is -2.23. The predicted octanol–water partition coefficient (Wildman–Crippen LogP) is 1.49. The third kappa shape index (κ3) is 3.40. The van der Waals surface area contributed by atoms with Gasteiger partial charge in [0.05, 0.1) is 16.7 Å². The first kappa shape index (κ1) is 15.3. The predicted molar refractivity (Wildman–Crippen MR) is 86.4 cm³/mol. The number of nitro benzene ring substituents is 1. The van der Waals surface area contributed by atoms with Gasteiger partial charge in [0.1, 0.15) is 12.1 Å². The molecular formula is C15H12N6O3. The highest BCUT2D eigenvalue weighted by molar-refractivity contribution is 5.83. The lowest BCUT2D eigenvalue weighted by atomic mass is 10.2. The summed E-state index contributed by atoms with van der Waals surface area (Å²) < 4.78 is 1.47. The number of rotatable bonds is 5. The van der Waals surface area contributed by atoms with Gasteiger partial charge in [-0.05, 0) is 12.1 Å². The summed E-state index contributed by atoms with van der Waals surface area (Å²) in [5, 5.41) is 22.4. The molecule has 2 aromatic carbocycles. The molecule has 0 aliphatic heterocycles. The highest BCUT2D eigenvalue weighted by atomic mass is 16.6. The monoisotopic (exact) mass is 324 g/mol. The molecule has 0 aliphatic carbocycles. The number of non-ortho nitro benzene ring substituents is 1. The summed E-state index contributed by atoms with van der Waals surface area (Å²) in [5.41, 5.74) is 4.27. The second kappa shape index (κ2) is 6.65. The van der Waals surface area contributed by atoms with Gasteiger partial charge in [0.25, 0.3) is 11.6 Å². The molecule has 120 valence electrons. The average Bonchev–Trinajstić information content (AvgIpc) is 2.98. The number of hydrogen-bond donors (Lipinski definition) is 1. The number of nitrogens with zero attached hydrogens (tertiary/aromatic N) is 5. The van der Waals surface area contributed by atoms with Gasteiger partial charge in [-0.2, -0.15) is 5.10 Å². The van der Waals surface area contributed by atoms with E-state index in [0.717, 1.165) is 5.52 Å². The highest BCUT2D eigenvalue weighted by Crippen LogP contribution is 2.11. The largest absolute Gasteiger partial charge is 0.271 e. The number of carbonyl (C=O) groups is 1. The molecule has 0 saturated heterocycles. The molecule has 9 heteroatoms. The van der Waals surface area contributed by atoms with Gasteiger partial charge in [-0.1, -0.05) is 29.5 Å². The minimum Gasteiger partial charge on any atom is -0.271 e. The number of benzene rings is 2. The summed E-state index contributed by atoms with van der Waals surface area (Å²) in [4.78, 5) is 22.1. The van der Waals surface area contributed by atoms with Crippen molar-refractivity contribution in [1.29, 1.82) is 0 Å². The van der Waals surface area contributed by atoms with E-state index in [1.165, 1.54) is 23.0 Å². The lowest BCUT2D eigenvalue weighted by molar-refractivity contribution is -0.384. The second-order valence-electron chi connectivity index (χ2n) is 4.88. The summed E-state index contributed by atoms with van der Waals surface area (Å²) in [7, 11) is 0. The molecule has 0 atom stereocenters. The summed E-state index contributed by atoms with van der Waals surface area (Å²) in [6.07, 6.45) is 1.34. The van der Waals surface area contributed by atoms with Crippen molar-refractivity contribution in [1.82, 2.24) is 20.4 Å². The third-order valence-corrected chi connectivity index (χ3v) is 3.20. The first-order chi connectivity index (χ1) is 11.6. The van der Waals surface area contributed by atoms with Crippen LogP contribution < -0.4 is 5.43 Å². The van der Waals surface area contributed by atoms with Crippen molar-refractivity contribution in [3.63, 3.8) is 0 Å². The second-order valence-corrected chi connectivity index (χ2v) is 4.88. The van der Waals surface area contributed by atoms with Crippen LogP contribution in [-0.2, 0) is 11.3 Å². The molecule has 1 N–H and O–H groups in total. The Balaban J connectivity index is 1.63. The molecule has 24 heavy (non-hydrogen) atoms. The first-order valence-electron chi connectivity index (χ1n) is 6.98. The van der Waals surface area contributed by atoms with Gasteiger partial charge in [0, 0.05) is 17.7 Å². The minimum atomic E-state index is -0.494. The molecule has 0 fully saturated rings. The van der Waals surface area contributed by atoms with Crippen molar-refractivity contribution in [2.24, 2.45) is 5.10 Å². The van der Waals surface area contributed by atoms with E-state index in [1.807, 2.05) is 18.2 Å². The van der Waals surface area contributed by atoms with Crippen molar-refractivity contribution in [3.05, 3.63) is 64.2 Å². The fourth-order valence-electron chi connectivity index (χ4n) is 2.10. The van der Waals surface area contributed by atoms with E-state index in [1.54, 1.807) is 18.2 Å². The lowest BCUT2D eigenvalue weighted by Gasteiger charge is -2.01. The van der Waals surface area contributed by atoms with Crippen LogP contribution in [0.5, 0.6) is 0 Å². The van der Waals surface area contributed by atoms with Gasteiger partial charge in [-0.25, -0.2) is 10.1 Å². The maximum absolute atomic E-state index is 11.9. The summed E-state index contributed by atoms with van der Waals surface area (Å²) in [5.74, 6) is -0.382. The maximum atomic E-state index is 11.9. The molecular weight excluding hydrogens is 312 g/mol. The van der Waals surface area contributed by atoms with Crippen molar-refractivity contribution >= 4 is 28.8 Å². The molecule has 0 aliphatic rings. The molecule has 3 rings (SSSR count). The van der Waals surface area contributed by atoms with E-state index in [4.69, 9.17) is 0 Å². The van der Waals surface area contributed by atoms with Crippen LogP contribution in [0, 0.1) is 10.1 Å². The first-order valence-corrected chi connectivity index (χ1v) is 6.98. The van der Waals surface area contributed by atoms with E-state index in [9.17, 15) is 14.9 Å². The molecule has 0 radical (unpaired) electrons. The number of fused-ring (bicyclic) bond motifs is 1. The number of aromatic nitrogens is 3. The van der Waals surface area contributed by atoms with Gasteiger partial charge in [-0.15, -0.1) is 5.10 Å². The molecule has 1 amide bonds. The number of para-hydroxylation sites is 1. The number of hydrazone groups is 1. The van der Waals surface area contributed by atoms with Crippen LogP contribution in [0.4, 0.5) is 5.69 Å². The Morgan fingerprint density at radius 3 is 2.96 bits per heavy atom. The SMILES string of the molecule is O=C(Cn1nnc2ccccc21)N/N=C/c1cccc([N+](=O)[O-])c1. The number of nitrogens with one attached hydrogen (secondary N) is 1. The van der Waals surface area contributed by atoms with Crippen LogP contribution in [0.2, 0.25) is 0 Å². The highest BCUT2D eigenvalue weighted by Gasteiger charge is 2.08. The summed E-state index contributed by atoms with van der Waals surface area (Å²) in [6, 6.07) is 13.2. The molecule has 9 nitrogen and oxygen atoms in total. The van der Waals surface area contributed by atoms with Gasteiger partial charge in [0.15, 0.2) is 0 Å². The molecule has 3 aromatic rings. The van der Waals surface area contributed by atoms with Gasteiger partial charge in [0.2, 0.25) is 0 Å². The van der Waals surface area contributed by atoms with E-state index < -0.39 is 4.92 Å². The van der Waals surface area contributed by atoms with Crippen molar-refractivity contribution in [3.8, 4) is 0 Å². The molecule has 0 unspecified atom stereocenters. The van der Waals surface area contributed by atoms with Crippen molar-refractivity contribution in [2.75, 3.05) is 0 Å². The maximum Gasteiger partial charge on any atom is 0.270 e. The van der Waals surface area contributed by atoms with Crippen molar-refractivity contribution in [2.45, 2.75) is 6.54 Å². The van der Waals surface area contributed by atoms with Crippen LogP contribution in [0.15, 0.2) is 53.6 Å². The molecule has 0 spiro atoms.